The summed E-state index contributed by atoms with van der Waals surface area (Å²) in [5, 5.41) is 3.33. The molecule has 0 aromatic rings. The molecule has 0 saturated carbocycles. The summed E-state index contributed by atoms with van der Waals surface area (Å²) in [5.41, 5.74) is 0. The fraction of sp³-hybridized carbons (Fsp3) is 0.750. The van der Waals surface area contributed by atoms with E-state index in [0.717, 1.165) is 6.54 Å². The molecule has 10 heavy (non-hydrogen) atoms. The minimum atomic E-state index is 0.456. The van der Waals surface area contributed by atoms with Gasteiger partial charge in [-0.3, -0.25) is 0 Å². The second-order valence-electron chi connectivity index (χ2n) is 2.18. The van der Waals surface area contributed by atoms with Crippen molar-refractivity contribution in [3.63, 3.8) is 0 Å². The SMILES string of the molecule is C=CC(C)NCCSCC. The highest BCUT2D eigenvalue weighted by Gasteiger charge is 1.91. The molecule has 0 aromatic carbocycles. The first-order chi connectivity index (χ1) is 4.81. The maximum Gasteiger partial charge on any atom is 0.0219 e. The summed E-state index contributed by atoms with van der Waals surface area (Å²) in [6, 6.07) is 0.456. The Morgan fingerprint density at radius 3 is 2.90 bits per heavy atom. The van der Waals surface area contributed by atoms with Gasteiger partial charge in [0.2, 0.25) is 0 Å². The van der Waals surface area contributed by atoms with Gasteiger partial charge in [-0.05, 0) is 12.7 Å². The van der Waals surface area contributed by atoms with Crippen molar-refractivity contribution in [3.05, 3.63) is 12.7 Å². The molecule has 1 atom stereocenters. The average molecular weight is 159 g/mol. The molecule has 0 aliphatic rings. The lowest BCUT2D eigenvalue weighted by molar-refractivity contribution is 0.666. The Morgan fingerprint density at radius 2 is 2.40 bits per heavy atom. The third-order valence-electron chi connectivity index (χ3n) is 1.27. The van der Waals surface area contributed by atoms with Gasteiger partial charge in [-0.25, -0.2) is 0 Å². The number of nitrogens with one attached hydrogen (secondary N) is 1. The van der Waals surface area contributed by atoms with Crippen LogP contribution in [-0.4, -0.2) is 24.1 Å². The molecule has 0 fully saturated rings. The molecule has 1 N–H and O–H groups in total. The van der Waals surface area contributed by atoms with E-state index in [9.17, 15) is 0 Å². The van der Waals surface area contributed by atoms with Crippen LogP contribution in [0.5, 0.6) is 0 Å². The Morgan fingerprint density at radius 1 is 1.70 bits per heavy atom. The maximum atomic E-state index is 3.69. The van der Waals surface area contributed by atoms with Crippen LogP contribution >= 0.6 is 11.8 Å². The van der Waals surface area contributed by atoms with Gasteiger partial charge in [0.15, 0.2) is 0 Å². The highest BCUT2D eigenvalue weighted by Crippen LogP contribution is 1.95. The monoisotopic (exact) mass is 159 g/mol. The van der Waals surface area contributed by atoms with Crippen LogP contribution < -0.4 is 5.32 Å². The summed E-state index contributed by atoms with van der Waals surface area (Å²) in [7, 11) is 0. The first-order valence-electron chi connectivity index (χ1n) is 3.75. The van der Waals surface area contributed by atoms with Crippen molar-refractivity contribution in [2.45, 2.75) is 19.9 Å². The molecule has 2 heteroatoms. The first-order valence-corrected chi connectivity index (χ1v) is 4.90. The van der Waals surface area contributed by atoms with E-state index in [-0.39, 0.29) is 0 Å². The van der Waals surface area contributed by atoms with Crippen LogP contribution in [-0.2, 0) is 0 Å². The van der Waals surface area contributed by atoms with E-state index in [2.05, 4.69) is 25.7 Å². The van der Waals surface area contributed by atoms with Gasteiger partial charge in [-0.1, -0.05) is 13.0 Å². The number of rotatable bonds is 6. The molecular weight excluding hydrogens is 142 g/mol. The van der Waals surface area contributed by atoms with Crippen LogP contribution in [0.4, 0.5) is 0 Å². The van der Waals surface area contributed by atoms with Crippen molar-refractivity contribution in [2.75, 3.05) is 18.1 Å². The van der Waals surface area contributed by atoms with Crippen LogP contribution in [0.3, 0.4) is 0 Å². The molecule has 0 radical (unpaired) electrons. The standard InChI is InChI=1S/C8H17NS/c1-4-8(3)9-6-7-10-5-2/h4,8-9H,1,5-7H2,2-3H3. The third kappa shape index (κ3) is 6.17. The second kappa shape index (κ2) is 7.16. The van der Waals surface area contributed by atoms with Crippen molar-refractivity contribution >= 4 is 11.8 Å². The summed E-state index contributed by atoms with van der Waals surface area (Å²) in [5.74, 6) is 2.42. The Hall–Kier alpha value is 0.0500. The van der Waals surface area contributed by atoms with Gasteiger partial charge in [0.25, 0.3) is 0 Å². The van der Waals surface area contributed by atoms with Crippen molar-refractivity contribution in [3.8, 4) is 0 Å². The van der Waals surface area contributed by atoms with Gasteiger partial charge in [-0.2, -0.15) is 11.8 Å². The van der Waals surface area contributed by atoms with E-state index in [1.807, 2.05) is 17.8 Å². The smallest absolute Gasteiger partial charge is 0.0219 e. The molecule has 0 aliphatic heterocycles. The van der Waals surface area contributed by atoms with E-state index in [0.29, 0.717) is 6.04 Å². The molecule has 0 amide bonds. The molecule has 1 nitrogen and oxygen atoms in total. The summed E-state index contributed by atoms with van der Waals surface area (Å²) in [6.07, 6.45) is 1.93. The van der Waals surface area contributed by atoms with Crippen LogP contribution in [0.1, 0.15) is 13.8 Å². The lowest BCUT2D eigenvalue weighted by Crippen LogP contribution is -2.25. The average Bonchev–Trinajstić information content (AvgIpc) is 1.98. The van der Waals surface area contributed by atoms with E-state index in [1.54, 1.807) is 0 Å². The van der Waals surface area contributed by atoms with Gasteiger partial charge in [0.05, 0.1) is 0 Å². The molecule has 0 heterocycles. The van der Waals surface area contributed by atoms with Gasteiger partial charge in [0.1, 0.15) is 0 Å². The molecule has 60 valence electrons. The predicted octanol–water partition coefficient (Wildman–Crippen LogP) is 1.90. The Kier molecular flexibility index (Phi) is 7.20. The van der Waals surface area contributed by atoms with Crippen LogP contribution in [0.2, 0.25) is 0 Å². The molecule has 0 saturated heterocycles. The summed E-state index contributed by atoms with van der Waals surface area (Å²) >= 11 is 1.96. The fourth-order valence-corrected chi connectivity index (χ4v) is 1.14. The van der Waals surface area contributed by atoms with Gasteiger partial charge >= 0.3 is 0 Å². The van der Waals surface area contributed by atoms with Crippen LogP contribution in [0.15, 0.2) is 12.7 Å². The molecule has 0 spiro atoms. The quantitative estimate of drug-likeness (QED) is 0.469. The zero-order valence-electron chi connectivity index (χ0n) is 6.89. The molecular formula is C8H17NS. The summed E-state index contributed by atoms with van der Waals surface area (Å²) in [6.45, 7) is 9.08. The van der Waals surface area contributed by atoms with E-state index >= 15 is 0 Å². The highest BCUT2D eigenvalue weighted by molar-refractivity contribution is 7.99. The largest absolute Gasteiger partial charge is 0.310 e. The molecule has 0 aliphatic carbocycles. The number of thioether (sulfide) groups is 1. The topological polar surface area (TPSA) is 12.0 Å². The first kappa shape index (κ1) is 10.0. The van der Waals surface area contributed by atoms with E-state index in [1.165, 1.54) is 11.5 Å². The Bertz CT molecular complexity index is 83.3. The fourth-order valence-electron chi connectivity index (χ4n) is 0.586. The van der Waals surface area contributed by atoms with Crippen LogP contribution in [0.25, 0.3) is 0 Å². The number of hydrogen-bond acceptors (Lipinski definition) is 2. The molecule has 0 bridgehead atoms. The molecule has 0 aromatic heterocycles. The van der Waals surface area contributed by atoms with Crippen LogP contribution in [0, 0.1) is 0 Å². The van der Waals surface area contributed by atoms with Crippen molar-refractivity contribution in [1.82, 2.24) is 5.32 Å². The van der Waals surface area contributed by atoms with Gasteiger partial charge < -0.3 is 5.32 Å². The summed E-state index contributed by atoms with van der Waals surface area (Å²) < 4.78 is 0. The zero-order chi connectivity index (χ0) is 7.82. The lowest BCUT2D eigenvalue weighted by atomic mass is 10.3. The minimum absolute atomic E-state index is 0.456. The van der Waals surface area contributed by atoms with E-state index in [4.69, 9.17) is 0 Å². The minimum Gasteiger partial charge on any atom is -0.310 e. The van der Waals surface area contributed by atoms with E-state index < -0.39 is 0 Å². The normalized spacial score (nSPS) is 13.0. The summed E-state index contributed by atoms with van der Waals surface area (Å²) in [4.78, 5) is 0. The van der Waals surface area contributed by atoms with Crippen molar-refractivity contribution in [2.24, 2.45) is 0 Å². The molecule has 1 unspecified atom stereocenters. The third-order valence-corrected chi connectivity index (χ3v) is 2.17. The van der Waals surface area contributed by atoms with Gasteiger partial charge in [0, 0.05) is 18.3 Å². The second-order valence-corrected chi connectivity index (χ2v) is 3.57. The lowest BCUT2D eigenvalue weighted by Gasteiger charge is -2.07. The van der Waals surface area contributed by atoms with Crippen molar-refractivity contribution in [1.29, 1.82) is 0 Å². The predicted molar refractivity (Wildman–Crippen MR) is 50.7 cm³/mol. The molecule has 0 rings (SSSR count). The maximum absolute atomic E-state index is 3.69. The zero-order valence-corrected chi connectivity index (χ0v) is 7.71. The Balaban J connectivity index is 2.95. The van der Waals surface area contributed by atoms with Gasteiger partial charge in [-0.15, -0.1) is 6.58 Å². The highest BCUT2D eigenvalue weighted by atomic mass is 32.2. The Labute approximate surface area is 68.3 Å². The van der Waals surface area contributed by atoms with Crippen molar-refractivity contribution < 1.29 is 0 Å². The number of hydrogen-bond donors (Lipinski definition) is 1.